The SMILES string of the molecule is CC1CCC(C)N1CC(=O)N[C@H]1CCCNC1.Cl.Cl. The summed E-state index contributed by atoms with van der Waals surface area (Å²) in [5, 5.41) is 6.47. The van der Waals surface area contributed by atoms with Crippen LogP contribution in [0.3, 0.4) is 0 Å². The number of carbonyl (C=O) groups excluding carboxylic acids is 1. The minimum absolute atomic E-state index is 0. The Morgan fingerprint density at radius 2 is 1.84 bits per heavy atom. The van der Waals surface area contributed by atoms with E-state index in [-0.39, 0.29) is 30.7 Å². The minimum atomic E-state index is 0. The molecule has 0 aromatic carbocycles. The number of nitrogens with zero attached hydrogens (tertiary/aromatic N) is 1. The summed E-state index contributed by atoms with van der Waals surface area (Å²) in [4.78, 5) is 14.3. The molecule has 0 aromatic heterocycles. The molecule has 0 bridgehead atoms. The number of halogens is 2. The lowest BCUT2D eigenvalue weighted by atomic mass is 10.1. The average Bonchev–Trinajstić information content (AvgIpc) is 2.62. The normalized spacial score (nSPS) is 31.2. The Bertz CT molecular complexity index is 263. The fraction of sp³-hybridized carbons (Fsp3) is 0.923. The lowest BCUT2D eigenvalue weighted by Gasteiger charge is -2.28. The van der Waals surface area contributed by atoms with Crippen LogP contribution in [0.25, 0.3) is 0 Å². The van der Waals surface area contributed by atoms with Crippen molar-refractivity contribution in [2.24, 2.45) is 0 Å². The number of rotatable bonds is 3. The van der Waals surface area contributed by atoms with E-state index in [0.29, 0.717) is 24.7 Å². The second kappa shape index (κ2) is 9.01. The monoisotopic (exact) mass is 311 g/mol. The van der Waals surface area contributed by atoms with Crippen LogP contribution in [-0.4, -0.2) is 48.6 Å². The van der Waals surface area contributed by atoms with Crippen LogP contribution in [0.4, 0.5) is 0 Å². The largest absolute Gasteiger partial charge is 0.351 e. The summed E-state index contributed by atoms with van der Waals surface area (Å²) >= 11 is 0. The molecule has 2 saturated heterocycles. The summed E-state index contributed by atoms with van der Waals surface area (Å²) in [7, 11) is 0. The van der Waals surface area contributed by atoms with Crippen molar-refractivity contribution in [1.29, 1.82) is 0 Å². The van der Waals surface area contributed by atoms with Crippen LogP contribution < -0.4 is 10.6 Å². The molecule has 0 radical (unpaired) electrons. The molecule has 0 aliphatic carbocycles. The van der Waals surface area contributed by atoms with E-state index in [1.807, 2.05) is 0 Å². The molecule has 2 aliphatic heterocycles. The first-order valence-corrected chi connectivity index (χ1v) is 6.92. The Morgan fingerprint density at radius 1 is 1.21 bits per heavy atom. The first kappa shape index (κ1) is 19.0. The van der Waals surface area contributed by atoms with Gasteiger partial charge in [0.1, 0.15) is 0 Å². The minimum Gasteiger partial charge on any atom is -0.351 e. The van der Waals surface area contributed by atoms with Crippen molar-refractivity contribution in [3.8, 4) is 0 Å². The average molecular weight is 312 g/mol. The van der Waals surface area contributed by atoms with Gasteiger partial charge in [0.15, 0.2) is 0 Å². The standard InChI is InChI=1S/C13H25N3O.2ClH/c1-10-5-6-11(2)16(10)9-13(17)15-12-4-3-7-14-8-12;;/h10-12,14H,3-9H2,1-2H3,(H,15,17);2*1H/t10?,11?,12-;;/m0../s1. The number of hydrogen-bond donors (Lipinski definition) is 2. The molecule has 2 unspecified atom stereocenters. The number of amides is 1. The second-order valence-corrected chi connectivity index (χ2v) is 5.56. The van der Waals surface area contributed by atoms with Crippen LogP contribution in [0.1, 0.15) is 39.5 Å². The number of hydrogen-bond acceptors (Lipinski definition) is 3. The van der Waals surface area contributed by atoms with Crippen LogP contribution >= 0.6 is 24.8 Å². The lowest BCUT2D eigenvalue weighted by Crippen LogP contribution is -2.49. The molecule has 2 fully saturated rings. The van der Waals surface area contributed by atoms with Crippen molar-refractivity contribution in [2.75, 3.05) is 19.6 Å². The van der Waals surface area contributed by atoms with E-state index in [0.717, 1.165) is 19.5 Å². The van der Waals surface area contributed by atoms with Crippen LogP contribution in [-0.2, 0) is 4.79 Å². The van der Waals surface area contributed by atoms with Crippen LogP contribution in [0.5, 0.6) is 0 Å². The zero-order valence-corrected chi connectivity index (χ0v) is 13.5. The molecule has 0 spiro atoms. The maximum Gasteiger partial charge on any atom is 0.234 e. The molecular formula is C13H27Cl2N3O. The van der Waals surface area contributed by atoms with Crippen molar-refractivity contribution >= 4 is 30.7 Å². The van der Waals surface area contributed by atoms with Crippen molar-refractivity contribution in [1.82, 2.24) is 15.5 Å². The Kier molecular flexibility index (Phi) is 8.99. The molecule has 0 aromatic rings. The van der Waals surface area contributed by atoms with Gasteiger partial charge in [0.25, 0.3) is 0 Å². The van der Waals surface area contributed by atoms with E-state index in [4.69, 9.17) is 0 Å². The van der Waals surface area contributed by atoms with Gasteiger partial charge in [-0.25, -0.2) is 0 Å². The summed E-state index contributed by atoms with van der Waals surface area (Å²) in [5.41, 5.74) is 0. The fourth-order valence-electron chi connectivity index (χ4n) is 2.97. The molecule has 6 heteroatoms. The van der Waals surface area contributed by atoms with E-state index < -0.39 is 0 Å². The first-order valence-electron chi connectivity index (χ1n) is 6.92. The lowest BCUT2D eigenvalue weighted by molar-refractivity contribution is -0.123. The quantitative estimate of drug-likeness (QED) is 0.831. The van der Waals surface area contributed by atoms with Gasteiger partial charge >= 0.3 is 0 Å². The second-order valence-electron chi connectivity index (χ2n) is 5.56. The van der Waals surface area contributed by atoms with Crippen LogP contribution in [0.15, 0.2) is 0 Å². The Labute approximate surface area is 128 Å². The van der Waals surface area contributed by atoms with Gasteiger partial charge in [-0.15, -0.1) is 24.8 Å². The summed E-state index contributed by atoms with van der Waals surface area (Å²) in [5.74, 6) is 0.194. The van der Waals surface area contributed by atoms with Crippen molar-refractivity contribution in [3.63, 3.8) is 0 Å². The highest BCUT2D eigenvalue weighted by atomic mass is 35.5. The van der Waals surface area contributed by atoms with Gasteiger partial charge in [-0.3, -0.25) is 9.69 Å². The van der Waals surface area contributed by atoms with Crippen LogP contribution in [0.2, 0.25) is 0 Å². The maximum absolute atomic E-state index is 12.0. The predicted octanol–water partition coefficient (Wildman–Crippen LogP) is 1.57. The molecule has 2 rings (SSSR count). The van der Waals surface area contributed by atoms with Gasteiger partial charge in [-0.2, -0.15) is 0 Å². The van der Waals surface area contributed by atoms with E-state index in [1.165, 1.54) is 19.3 Å². The topological polar surface area (TPSA) is 44.4 Å². The van der Waals surface area contributed by atoms with Crippen molar-refractivity contribution in [2.45, 2.75) is 57.7 Å². The van der Waals surface area contributed by atoms with E-state index in [9.17, 15) is 4.79 Å². The third-order valence-corrected chi connectivity index (χ3v) is 4.12. The maximum atomic E-state index is 12.0. The number of piperidine rings is 1. The van der Waals surface area contributed by atoms with Gasteiger partial charge in [0.05, 0.1) is 6.54 Å². The molecule has 4 nitrogen and oxygen atoms in total. The molecule has 2 aliphatic rings. The summed E-state index contributed by atoms with van der Waals surface area (Å²) in [6, 6.07) is 1.45. The third-order valence-electron chi connectivity index (χ3n) is 4.12. The molecule has 3 atom stereocenters. The Balaban J connectivity index is 0.00000162. The molecule has 2 heterocycles. The zero-order chi connectivity index (χ0) is 12.3. The smallest absolute Gasteiger partial charge is 0.234 e. The third kappa shape index (κ3) is 5.46. The molecule has 19 heavy (non-hydrogen) atoms. The highest BCUT2D eigenvalue weighted by Gasteiger charge is 2.29. The first-order chi connectivity index (χ1) is 8.16. The Hall–Kier alpha value is -0.0300. The molecule has 1 amide bonds. The molecule has 0 saturated carbocycles. The summed E-state index contributed by atoms with van der Waals surface area (Å²) in [6.45, 7) is 7.03. The summed E-state index contributed by atoms with van der Waals surface area (Å²) in [6.07, 6.45) is 4.73. The van der Waals surface area contributed by atoms with Gasteiger partial charge in [-0.05, 0) is 46.1 Å². The van der Waals surface area contributed by atoms with Crippen molar-refractivity contribution in [3.05, 3.63) is 0 Å². The number of likely N-dealkylation sites (tertiary alicyclic amines) is 1. The van der Waals surface area contributed by atoms with E-state index in [1.54, 1.807) is 0 Å². The highest BCUT2D eigenvalue weighted by molar-refractivity contribution is 5.85. The highest BCUT2D eigenvalue weighted by Crippen LogP contribution is 2.22. The predicted molar refractivity (Wildman–Crippen MR) is 83.4 cm³/mol. The Morgan fingerprint density at radius 3 is 2.37 bits per heavy atom. The van der Waals surface area contributed by atoms with Gasteiger partial charge in [0, 0.05) is 24.7 Å². The van der Waals surface area contributed by atoms with Crippen molar-refractivity contribution < 1.29 is 4.79 Å². The fourth-order valence-corrected chi connectivity index (χ4v) is 2.97. The van der Waals surface area contributed by atoms with Crippen LogP contribution in [0, 0.1) is 0 Å². The van der Waals surface area contributed by atoms with Gasteiger partial charge in [-0.1, -0.05) is 0 Å². The number of nitrogens with one attached hydrogen (secondary N) is 2. The number of carbonyl (C=O) groups is 1. The van der Waals surface area contributed by atoms with E-state index in [2.05, 4.69) is 29.4 Å². The van der Waals surface area contributed by atoms with Gasteiger partial charge in [0.2, 0.25) is 5.91 Å². The van der Waals surface area contributed by atoms with Gasteiger partial charge < -0.3 is 10.6 Å². The zero-order valence-electron chi connectivity index (χ0n) is 11.9. The van der Waals surface area contributed by atoms with E-state index >= 15 is 0 Å². The molecule has 2 N–H and O–H groups in total. The molecular weight excluding hydrogens is 285 g/mol. The summed E-state index contributed by atoms with van der Waals surface area (Å²) < 4.78 is 0. The molecule has 114 valence electrons.